The van der Waals surface area contributed by atoms with Gasteiger partial charge in [-0.2, -0.15) is 0 Å². The van der Waals surface area contributed by atoms with Crippen molar-refractivity contribution in [1.29, 1.82) is 0 Å². The Labute approximate surface area is 136 Å². The smallest absolute Gasteiger partial charge is 0.253 e. The summed E-state index contributed by atoms with van der Waals surface area (Å²) in [5.74, 6) is 0.277. The van der Waals surface area contributed by atoms with Crippen LogP contribution in [0.1, 0.15) is 29.6 Å². The monoisotopic (exact) mass is 317 g/mol. The van der Waals surface area contributed by atoms with E-state index in [0.29, 0.717) is 38.2 Å². The quantitative estimate of drug-likeness (QED) is 0.837. The van der Waals surface area contributed by atoms with E-state index in [1.165, 1.54) is 0 Å². The zero-order valence-corrected chi connectivity index (χ0v) is 13.5. The Morgan fingerprint density at radius 1 is 1.30 bits per heavy atom. The topological polar surface area (TPSA) is 62.7 Å². The fraction of sp³-hybridized carbons (Fsp3) is 0.588. The van der Waals surface area contributed by atoms with Crippen molar-refractivity contribution in [3.05, 3.63) is 30.1 Å². The first-order chi connectivity index (χ1) is 11.1. The van der Waals surface area contributed by atoms with Crippen molar-refractivity contribution in [3.8, 4) is 0 Å². The lowest BCUT2D eigenvalue weighted by atomic mass is 9.77. The number of amides is 2. The highest BCUT2D eigenvalue weighted by Gasteiger charge is 2.45. The molecule has 2 aliphatic rings. The Hall–Kier alpha value is -1.95. The second kappa shape index (κ2) is 6.66. The van der Waals surface area contributed by atoms with Crippen molar-refractivity contribution in [1.82, 2.24) is 14.8 Å². The number of hydrogen-bond donors (Lipinski definition) is 0. The van der Waals surface area contributed by atoms with Gasteiger partial charge in [-0.15, -0.1) is 0 Å². The van der Waals surface area contributed by atoms with Crippen LogP contribution in [0.15, 0.2) is 24.5 Å². The molecule has 3 rings (SSSR count). The van der Waals surface area contributed by atoms with E-state index in [2.05, 4.69) is 4.98 Å². The van der Waals surface area contributed by atoms with E-state index in [4.69, 9.17) is 4.74 Å². The number of nitrogens with zero attached hydrogens (tertiary/aromatic N) is 3. The molecule has 1 aromatic heterocycles. The minimum absolute atomic E-state index is 0.0415. The van der Waals surface area contributed by atoms with Crippen molar-refractivity contribution >= 4 is 11.8 Å². The molecule has 2 saturated heterocycles. The van der Waals surface area contributed by atoms with Crippen molar-refractivity contribution in [2.45, 2.75) is 19.3 Å². The van der Waals surface area contributed by atoms with Gasteiger partial charge in [-0.05, 0) is 25.0 Å². The van der Waals surface area contributed by atoms with Crippen LogP contribution in [0.5, 0.6) is 0 Å². The molecule has 0 unspecified atom stereocenters. The Balaban J connectivity index is 1.58. The number of ether oxygens (including phenoxy) is 1. The highest BCUT2D eigenvalue weighted by Crippen LogP contribution is 2.41. The average molecular weight is 317 g/mol. The molecule has 2 amide bonds. The van der Waals surface area contributed by atoms with Crippen LogP contribution in [-0.4, -0.2) is 66.5 Å². The predicted molar refractivity (Wildman–Crippen MR) is 84.9 cm³/mol. The molecule has 2 fully saturated rings. The third-order valence-electron chi connectivity index (χ3n) is 5.01. The largest absolute Gasteiger partial charge is 0.383 e. The van der Waals surface area contributed by atoms with Crippen LogP contribution in [0.2, 0.25) is 0 Å². The van der Waals surface area contributed by atoms with Gasteiger partial charge >= 0.3 is 0 Å². The lowest BCUT2D eigenvalue weighted by molar-refractivity contribution is -0.128. The van der Waals surface area contributed by atoms with Gasteiger partial charge in [0.05, 0.1) is 6.61 Å². The molecule has 0 atom stereocenters. The summed E-state index contributed by atoms with van der Waals surface area (Å²) in [5, 5.41) is 0. The Kier molecular flexibility index (Phi) is 4.61. The molecule has 1 aromatic rings. The predicted octanol–water partition coefficient (Wildman–Crippen LogP) is 1.18. The Morgan fingerprint density at radius 3 is 2.65 bits per heavy atom. The van der Waals surface area contributed by atoms with Crippen LogP contribution in [0, 0.1) is 5.41 Å². The summed E-state index contributed by atoms with van der Waals surface area (Å²) in [5.41, 5.74) is 0.722. The Bertz CT molecular complexity index is 568. The van der Waals surface area contributed by atoms with Crippen molar-refractivity contribution in [2.24, 2.45) is 5.41 Å². The first-order valence-corrected chi connectivity index (χ1v) is 8.10. The van der Waals surface area contributed by atoms with Crippen molar-refractivity contribution in [3.63, 3.8) is 0 Å². The number of aromatic nitrogens is 1. The molecule has 0 saturated carbocycles. The third-order valence-corrected chi connectivity index (χ3v) is 5.01. The van der Waals surface area contributed by atoms with Gasteiger partial charge in [-0.3, -0.25) is 14.6 Å². The molecule has 6 nitrogen and oxygen atoms in total. The van der Waals surface area contributed by atoms with E-state index in [9.17, 15) is 9.59 Å². The number of rotatable bonds is 4. The molecule has 0 bridgehead atoms. The molecule has 23 heavy (non-hydrogen) atoms. The zero-order chi connectivity index (χ0) is 16.3. The summed E-state index contributed by atoms with van der Waals surface area (Å²) in [4.78, 5) is 32.4. The molecule has 124 valence electrons. The number of carbonyl (C=O) groups excluding carboxylic acids is 2. The molecular weight excluding hydrogens is 294 g/mol. The molecule has 0 aliphatic carbocycles. The van der Waals surface area contributed by atoms with E-state index in [1.54, 1.807) is 31.6 Å². The fourth-order valence-corrected chi connectivity index (χ4v) is 3.58. The second-order valence-electron chi connectivity index (χ2n) is 6.51. The van der Waals surface area contributed by atoms with Gasteiger partial charge in [0.15, 0.2) is 0 Å². The summed E-state index contributed by atoms with van der Waals surface area (Å²) in [7, 11) is 1.65. The van der Waals surface area contributed by atoms with Gasteiger partial charge in [0.25, 0.3) is 5.91 Å². The number of likely N-dealkylation sites (tertiary alicyclic amines) is 2. The number of methoxy groups -OCH3 is 1. The second-order valence-corrected chi connectivity index (χ2v) is 6.51. The third kappa shape index (κ3) is 3.37. The molecule has 2 aliphatic heterocycles. The molecule has 3 heterocycles. The lowest BCUT2D eigenvalue weighted by Gasteiger charge is -2.38. The van der Waals surface area contributed by atoms with Crippen molar-refractivity contribution < 1.29 is 14.3 Å². The van der Waals surface area contributed by atoms with Gasteiger partial charge in [-0.25, -0.2) is 0 Å². The molecule has 0 radical (unpaired) electrons. The minimum Gasteiger partial charge on any atom is -0.383 e. The number of piperidine rings is 1. The van der Waals surface area contributed by atoms with E-state index < -0.39 is 0 Å². The molecule has 0 aromatic carbocycles. The van der Waals surface area contributed by atoms with Gasteiger partial charge < -0.3 is 14.5 Å². The summed E-state index contributed by atoms with van der Waals surface area (Å²) in [6.45, 7) is 3.47. The van der Waals surface area contributed by atoms with Crippen molar-refractivity contribution in [2.75, 3.05) is 39.9 Å². The number of pyridine rings is 1. The van der Waals surface area contributed by atoms with Crippen LogP contribution in [0.4, 0.5) is 0 Å². The summed E-state index contributed by atoms with van der Waals surface area (Å²) >= 11 is 0. The molecule has 6 heteroatoms. The maximum Gasteiger partial charge on any atom is 0.253 e. The van der Waals surface area contributed by atoms with Gasteiger partial charge in [0.2, 0.25) is 5.91 Å². The summed E-state index contributed by atoms with van der Waals surface area (Å²) in [6.07, 6.45) is 5.66. The normalized spacial score (nSPS) is 20.3. The first-order valence-electron chi connectivity index (χ1n) is 8.10. The van der Waals surface area contributed by atoms with Crippen LogP contribution >= 0.6 is 0 Å². The van der Waals surface area contributed by atoms with E-state index in [-0.39, 0.29) is 17.2 Å². The maximum atomic E-state index is 12.5. The molecule has 1 spiro atoms. The van der Waals surface area contributed by atoms with Crippen LogP contribution in [-0.2, 0) is 9.53 Å². The van der Waals surface area contributed by atoms with Gasteiger partial charge in [0.1, 0.15) is 0 Å². The van der Waals surface area contributed by atoms with Crippen LogP contribution < -0.4 is 0 Å². The molecular formula is C17H23N3O3. The van der Waals surface area contributed by atoms with Gasteiger partial charge in [0, 0.05) is 63.1 Å². The first kappa shape index (κ1) is 15.9. The highest BCUT2D eigenvalue weighted by molar-refractivity contribution is 5.94. The molecule has 0 N–H and O–H groups in total. The van der Waals surface area contributed by atoms with Crippen LogP contribution in [0.25, 0.3) is 0 Å². The van der Waals surface area contributed by atoms with Crippen LogP contribution in [0.3, 0.4) is 0 Å². The van der Waals surface area contributed by atoms with E-state index in [1.807, 2.05) is 9.80 Å². The van der Waals surface area contributed by atoms with Gasteiger partial charge in [-0.1, -0.05) is 0 Å². The summed E-state index contributed by atoms with van der Waals surface area (Å²) in [6, 6.07) is 3.50. The summed E-state index contributed by atoms with van der Waals surface area (Å²) < 4.78 is 5.07. The maximum absolute atomic E-state index is 12.5. The highest BCUT2D eigenvalue weighted by atomic mass is 16.5. The average Bonchev–Trinajstić information content (AvgIpc) is 2.89. The lowest BCUT2D eigenvalue weighted by Crippen LogP contribution is -2.44. The standard InChI is InChI=1S/C17H23N3O3/c1-23-11-10-20-13-17(12-15(20)21)4-8-19(9-5-17)16(22)14-2-6-18-7-3-14/h2-3,6-7H,4-5,8-13H2,1H3. The Morgan fingerprint density at radius 2 is 2.00 bits per heavy atom. The zero-order valence-electron chi connectivity index (χ0n) is 13.5. The number of carbonyl (C=O) groups is 2. The minimum atomic E-state index is 0.0415. The number of hydrogen-bond acceptors (Lipinski definition) is 4. The van der Waals surface area contributed by atoms with E-state index in [0.717, 1.165) is 19.4 Å². The fourth-order valence-electron chi connectivity index (χ4n) is 3.58. The van der Waals surface area contributed by atoms with E-state index >= 15 is 0 Å². The SMILES string of the molecule is COCCN1CC2(CCN(C(=O)c3ccncc3)CC2)CC1=O.